The molecule has 1 fully saturated rings. The van der Waals surface area contributed by atoms with Crippen LogP contribution >= 0.6 is 11.3 Å². The summed E-state index contributed by atoms with van der Waals surface area (Å²) in [6, 6.07) is 2.54. The van der Waals surface area contributed by atoms with Crippen LogP contribution in [0.4, 0.5) is 0 Å². The van der Waals surface area contributed by atoms with Crippen LogP contribution in [-0.2, 0) is 12.8 Å². The van der Waals surface area contributed by atoms with Crippen molar-refractivity contribution in [3.63, 3.8) is 0 Å². The van der Waals surface area contributed by atoms with Crippen molar-refractivity contribution in [2.45, 2.75) is 51.0 Å². The number of aryl methyl sites for hydroxylation is 2. The normalized spacial score (nSPS) is 21.7. The lowest BCUT2D eigenvalue weighted by molar-refractivity contribution is 0.0684. The molecule has 3 heterocycles. The maximum Gasteiger partial charge on any atom is 0.264 e. The fourth-order valence-corrected chi connectivity index (χ4v) is 5.02. The smallest absolute Gasteiger partial charge is 0.264 e. The lowest BCUT2D eigenvalue weighted by atomic mass is 10.1. The molecular weight excluding hydrogens is 306 g/mol. The highest BCUT2D eigenvalue weighted by Crippen LogP contribution is 2.31. The largest absolute Gasteiger partial charge is 0.336 e. The molecule has 2 aromatic rings. The summed E-state index contributed by atoms with van der Waals surface area (Å²) in [4.78, 5) is 21.5. The third-order valence-electron chi connectivity index (χ3n) is 5.09. The lowest BCUT2D eigenvalue weighted by Crippen LogP contribution is -2.40. The van der Waals surface area contributed by atoms with Crippen molar-refractivity contribution in [1.29, 1.82) is 0 Å². The number of thiophene rings is 1. The zero-order chi connectivity index (χ0) is 15.6. The molecule has 0 spiro atoms. The second kappa shape index (κ2) is 6.48. The number of aromatic nitrogens is 2. The van der Waals surface area contributed by atoms with Crippen LogP contribution in [-0.4, -0.2) is 33.4 Å². The van der Waals surface area contributed by atoms with Crippen LogP contribution in [0.5, 0.6) is 0 Å². The average Bonchev–Trinajstić information content (AvgIpc) is 3.21. The van der Waals surface area contributed by atoms with Crippen LogP contribution in [0.25, 0.3) is 0 Å². The average molecular weight is 329 g/mol. The van der Waals surface area contributed by atoms with Gasteiger partial charge >= 0.3 is 0 Å². The molecule has 23 heavy (non-hydrogen) atoms. The number of likely N-dealkylation sites (tertiary alicyclic amines) is 1. The van der Waals surface area contributed by atoms with Crippen molar-refractivity contribution in [3.05, 3.63) is 40.1 Å². The zero-order valence-electron chi connectivity index (χ0n) is 13.4. The molecule has 1 atom stereocenters. The van der Waals surface area contributed by atoms with Gasteiger partial charge in [0.2, 0.25) is 0 Å². The molecular formula is C18H23N3OS. The number of fused-ring (bicyclic) bond motifs is 1. The number of hydrogen-bond acceptors (Lipinski definition) is 3. The Labute approximate surface area is 141 Å². The number of amides is 1. The fourth-order valence-electron chi connectivity index (χ4n) is 3.80. The molecule has 0 saturated carbocycles. The van der Waals surface area contributed by atoms with E-state index in [1.54, 1.807) is 11.3 Å². The molecule has 1 amide bonds. The summed E-state index contributed by atoms with van der Waals surface area (Å²) in [6.45, 7) is 1.68. The SMILES string of the molecule is O=C(c1cc2c(s1)CCCCC2)N1CCC[C@H](n2ccnc2)C1. The molecule has 0 aromatic carbocycles. The van der Waals surface area contributed by atoms with Crippen molar-refractivity contribution >= 4 is 17.2 Å². The predicted molar refractivity (Wildman–Crippen MR) is 92.0 cm³/mol. The van der Waals surface area contributed by atoms with Gasteiger partial charge in [0.25, 0.3) is 5.91 Å². The van der Waals surface area contributed by atoms with Crippen molar-refractivity contribution in [1.82, 2.24) is 14.5 Å². The van der Waals surface area contributed by atoms with E-state index in [0.717, 1.165) is 43.6 Å². The monoisotopic (exact) mass is 329 g/mol. The Morgan fingerprint density at radius 3 is 3.00 bits per heavy atom. The highest BCUT2D eigenvalue weighted by molar-refractivity contribution is 7.14. The molecule has 0 bridgehead atoms. The van der Waals surface area contributed by atoms with Gasteiger partial charge in [0.15, 0.2) is 0 Å². The molecule has 1 aliphatic carbocycles. The maximum absolute atomic E-state index is 12.9. The van der Waals surface area contributed by atoms with Gasteiger partial charge in [-0.2, -0.15) is 0 Å². The van der Waals surface area contributed by atoms with E-state index in [-0.39, 0.29) is 5.91 Å². The van der Waals surface area contributed by atoms with Gasteiger partial charge in [0.1, 0.15) is 0 Å². The standard InChI is InChI=1S/C18H23N3OS/c22-18(17-11-14-5-2-1-3-7-16(14)23-17)20-9-4-6-15(12-20)21-10-8-19-13-21/h8,10-11,13,15H,1-7,9,12H2/t15-/m0/s1. The third kappa shape index (κ3) is 3.07. The summed E-state index contributed by atoms with van der Waals surface area (Å²) < 4.78 is 2.14. The van der Waals surface area contributed by atoms with Gasteiger partial charge in [-0.15, -0.1) is 11.3 Å². The van der Waals surface area contributed by atoms with Crippen LogP contribution in [0.3, 0.4) is 0 Å². The molecule has 2 aromatic heterocycles. The van der Waals surface area contributed by atoms with Crippen LogP contribution in [0.1, 0.15) is 58.3 Å². The quantitative estimate of drug-likeness (QED) is 0.788. The summed E-state index contributed by atoms with van der Waals surface area (Å²) in [6.07, 6.45) is 14.1. The summed E-state index contributed by atoms with van der Waals surface area (Å²) in [5.41, 5.74) is 1.43. The summed E-state index contributed by atoms with van der Waals surface area (Å²) in [5, 5.41) is 0. The molecule has 4 nitrogen and oxygen atoms in total. The zero-order valence-corrected chi connectivity index (χ0v) is 14.2. The Bertz CT molecular complexity index is 653. The van der Waals surface area contributed by atoms with Gasteiger partial charge in [-0.3, -0.25) is 4.79 Å². The van der Waals surface area contributed by atoms with Crippen molar-refractivity contribution in [2.24, 2.45) is 0 Å². The second-order valence-corrected chi connectivity index (χ2v) is 7.81. The minimum atomic E-state index is 0.230. The molecule has 0 N–H and O–H groups in total. The Kier molecular flexibility index (Phi) is 4.21. The van der Waals surface area contributed by atoms with Crippen molar-refractivity contribution in [3.8, 4) is 0 Å². The Morgan fingerprint density at radius 2 is 2.13 bits per heavy atom. The second-order valence-electron chi connectivity index (χ2n) is 6.68. The van der Waals surface area contributed by atoms with E-state index < -0.39 is 0 Å². The van der Waals surface area contributed by atoms with Gasteiger partial charge < -0.3 is 9.47 Å². The molecule has 2 aliphatic rings. The molecule has 4 rings (SSSR count). The first kappa shape index (κ1) is 14.9. The van der Waals surface area contributed by atoms with Crippen LogP contribution in [0, 0.1) is 0 Å². The van der Waals surface area contributed by atoms with E-state index in [1.165, 1.54) is 29.7 Å². The number of imidazole rings is 1. The maximum atomic E-state index is 12.9. The molecule has 122 valence electrons. The van der Waals surface area contributed by atoms with Crippen molar-refractivity contribution in [2.75, 3.05) is 13.1 Å². The number of carbonyl (C=O) groups is 1. The lowest BCUT2D eigenvalue weighted by Gasteiger charge is -2.33. The molecule has 1 aliphatic heterocycles. The summed E-state index contributed by atoms with van der Waals surface area (Å²) >= 11 is 1.74. The number of hydrogen-bond donors (Lipinski definition) is 0. The summed E-state index contributed by atoms with van der Waals surface area (Å²) in [5.74, 6) is 0.230. The topological polar surface area (TPSA) is 38.1 Å². The van der Waals surface area contributed by atoms with Gasteiger partial charge in [0.05, 0.1) is 17.2 Å². The van der Waals surface area contributed by atoms with Gasteiger partial charge in [-0.1, -0.05) is 6.42 Å². The minimum Gasteiger partial charge on any atom is -0.336 e. The van der Waals surface area contributed by atoms with Crippen LogP contribution < -0.4 is 0 Å². The minimum absolute atomic E-state index is 0.230. The molecule has 1 saturated heterocycles. The first-order valence-electron chi connectivity index (χ1n) is 8.69. The van der Waals surface area contributed by atoms with Gasteiger partial charge in [-0.05, 0) is 50.2 Å². The molecule has 5 heteroatoms. The highest BCUT2D eigenvalue weighted by atomic mass is 32.1. The Balaban J connectivity index is 1.50. The van der Waals surface area contributed by atoms with Gasteiger partial charge in [0, 0.05) is 30.4 Å². The number of piperidine rings is 1. The fraction of sp³-hybridized carbons (Fsp3) is 0.556. The Morgan fingerprint density at radius 1 is 1.22 bits per heavy atom. The highest BCUT2D eigenvalue weighted by Gasteiger charge is 2.27. The van der Waals surface area contributed by atoms with Gasteiger partial charge in [-0.25, -0.2) is 4.98 Å². The van der Waals surface area contributed by atoms with E-state index in [4.69, 9.17) is 0 Å². The third-order valence-corrected chi connectivity index (χ3v) is 6.31. The Hall–Kier alpha value is -1.62. The van der Waals surface area contributed by atoms with E-state index in [1.807, 2.05) is 23.6 Å². The van der Waals surface area contributed by atoms with E-state index in [2.05, 4.69) is 15.6 Å². The number of nitrogens with zero attached hydrogens (tertiary/aromatic N) is 3. The first-order valence-corrected chi connectivity index (χ1v) is 9.51. The van der Waals surface area contributed by atoms with E-state index >= 15 is 0 Å². The van der Waals surface area contributed by atoms with E-state index in [9.17, 15) is 4.79 Å². The number of rotatable bonds is 2. The first-order chi connectivity index (χ1) is 11.3. The molecule has 0 unspecified atom stereocenters. The van der Waals surface area contributed by atoms with Crippen LogP contribution in [0.2, 0.25) is 0 Å². The summed E-state index contributed by atoms with van der Waals surface area (Å²) in [7, 11) is 0. The molecule has 0 radical (unpaired) electrons. The number of carbonyl (C=O) groups excluding carboxylic acids is 1. The van der Waals surface area contributed by atoms with Crippen LogP contribution in [0.15, 0.2) is 24.8 Å². The van der Waals surface area contributed by atoms with E-state index in [0.29, 0.717) is 6.04 Å². The predicted octanol–water partition coefficient (Wildman–Crippen LogP) is 3.69. The van der Waals surface area contributed by atoms with Crippen molar-refractivity contribution < 1.29 is 4.79 Å².